The van der Waals surface area contributed by atoms with Gasteiger partial charge in [0.25, 0.3) is 0 Å². The molecule has 1 rings (SSSR count). The van der Waals surface area contributed by atoms with Crippen molar-refractivity contribution in [3.8, 4) is 0 Å². The fourth-order valence-corrected chi connectivity index (χ4v) is 2.15. The fourth-order valence-electron chi connectivity index (χ4n) is 2.15. The van der Waals surface area contributed by atoms with Crippen molar-refractivity contribution in [1.29, 1.82) is 0 Å². The Hall–Kier alpha value is -1.30. The van der Waals surface area contributed by atoms with Gasteiger partial charge >= 0.3 is 12.0 Å². The first-order valence-corrected chi connectivity index (χ1v) is 6.76. The minimum absolute atomic E-state index is 0.0259. The Morgan fingerprint density at radius 1 is 1.42 bits per heavy atom. The van der Waals surface area contributed by atoms with E-state index in [1.165, 1.54) is 0 Å². The molecule has 110 valence electrons. The smallest absolute Gasteiger partial charge is 0.317 e. The number of urea groups is 1. The highest BCUT2D eigenvalue weighted by atomic mass is 16.5. The second-order valence-electron chi connectivity index (χ2n) is 5.34. The lowest BCUT2D eigenvalue weighted by atomic mass is 10.1. The van der Waals surface area contributed by atoms with E-state index in [0.717, 1.165) is 6.42 Å². The molecule has 6 heteroatoms. The summed E-state index contributed by atoms with van der Waals surface area (Å²) in [6.45, 7) is 4.93. The number of amides is 2. The maximum absolute atomic E-state index is 11.9. The number of carbonyl (C=O) groups is 2. The molecule has 1 saturated carbocycles. The number of nitrogens with zero attached hydrogens (tertiary/aromatic N) is 1. The molecule has 0 aromatic rings. The van der Waals surface area contributed by atoms with Crippen LogP contribution in [0.2, 0.25) is 0 Å². The maximum atomic E-state index is 11.9. The normalized spacial score (nSPS) is 22.5. The van der Waals surface area contributed by atoms with E-state index in [9.17, 15) is 9.59 Å². The summed E-state index contributed by atoms with van der Waals surface area (Å²) in [6.07, 6.45) is 2.05. The van der Waals surface area contributed by atoms with Crippen LogP contribution in [-0.2, 0) is 9.53 Å². The molecule has 2 amide bonds. The zero-order valence-electron chi connectivity index (χ0n) is 11.9. The highest BCUT2D eigenvalue weighted by molar-refractivity contribution is 5.75. The molecule has 19 heavy (non-hydrogen) atoms. The third-order valence-electron chi connectivity index (χ3n) is 3.33. The maximum Gasteiger partial charge on any atom is 0.317 e. The number of nitrogens with one attached hydrogen (secondary N) is 1. The van der Waals surface area contributed by atoms with E-state index >= 15 is 0 Å². The van der Waals surface area contributed by atoms with E-state index in [1.807, 2.05) is 13.8 Å². The van der Waals surface area contributed by atoms with Gasteiger partial charge in [0.1, 0.15) is 0 Å². The van der Waals surface area contributed by atoms with Gasteiger partial charge in [-0.25, -0.2) is 4.79 Å². The molecule has 1 fully saturated rings. The number of aliphatic carboxylic acids is 1. The first-order chi connectivity index (χ1) is 8.90. The van der Waals surface area contributed by atoms with E-state index < -0.39 is 5.97 Å². The average Bonchev–Trinajstić information content (AvgIpc) is 2.76. The summed E-state index contributed by atoms with van der Waals surface area (Å²) in [5.74, 6) is -1.09. The molecule has 0 bridgehead atoms. The predicted molar refractivity (Wildman–Crippen MR) is 71.0 cm³/mol. The van der Waals surface area contributed by atoms with E-state index in [2.05, 4.69) is 5.32 Å². The highest BCUT2D eigenvalue weighted by Crippen LogP contribution is 2.25. The number of likely N-dealkylation sites (N-methyl/N-ethyl adjacent to an activating group) is 1. The van der Waals surface area contributed by atoms with E-state index in [0.29, 0.717) is 26.0 Å². The molecule has 0 aliphatic heterocycles. The van der Waals surface area contributed by atoms with Crippen molar-refractivity contribution in [3.05, 3.63) is 0 Å². The van der Waals surface area contributed by atoms with Gasteiger partial charge in [-0.1, -0.05) is 0 Å². The number of carboxylic acid groups (broad SMARTS) is 1. The molecular weight excluding hydrogens is 248 g/mol. The second-order valence-corrected chi connectivity index (χ2v) is 5.34. The zero-order chi connectivity index (χ0) is 14.4. The molecule has 0 saturated heterocycles. The van der Waals surface area contributed by atoms with Crippen LogP contribution in [0.15, 0.2) is 0 Å². The predicted octanol–water partition coefficient (Wildman–Crippen LogP) is 1.31. The van der Waals surface area contributed by atoms with Gasteiger partial charge in [0.15, 0.2) is 0 Å². The summed E-state index contributed by atoms with van der Waals surface area (Å²) in [4.78, 5) is 24.3. The van der Waals surface area contributed by atoms with Gasteiger partial charge in [0, 0.05) is 19.6 Å². The average molecular weight is 272 g/mol. The molecule has 2 N–H and O–H groups in total. The number of carboxylic acids is 1. The van der Waals surface area contributed by atoms with Gasteiger partial charge in [-0.15, -0.1) is 0 Å². The molecule has 0 unspecified atom stereocenters. The second kappa shape index (κ2) is 7.33. The molecule has 1 aliphatic rings. The molecule has 0 aromatic heterocycles. The van der Waals surface area contributed by atoms with Crippen LogP contribution in [-0.4, -0.2) is 54.4 Å². The molecule has 0 heterocycles. The first-order valence-electron chi connectivity index (χ1n) is 6.76. The Bertz CT molecular complexity index is 320. The van der Waals surface area contributed by atoms with Gasteiger partial charge in [0.05, 0.1) is 18.6 Å². The van der Waals surface area contributed by atoms with E-state index in [4.69, 9.17) is 9.84 Å². The van der Waals surface area contributed by atoms with E-state index in [1.54, 1.807) is 11.9 Å². The standard InChI is InChI=1S/C13H24N2O4/c1-9(2)19-7-6-15(3)13(18)14-11-5-4-10(8-11)12(16)17/h9-11H,4-8H2,1-3H3,(H,14,18)(H,16,17)/t10-,11+/m1/s1. The number of carbonyl (C=O) groups excluding carboxylic acids is 1. The van der Waals surface area contributed by atoms with Crippen molar-refractivity contribution in [1.82, 2.24) is 10.2 Å². The lowest BCUT2D eigenvalue weighted by molar-refractivity contribution is -0.141. The number of hydrogen-bond acceptors (Lipinski definition) is 3. The Labute approximate surface area is 114 Å². The summed E-state index contributed by atoms with van der Waals surface area (Å²) < 4.78 is 5.38. The zero-order valence-corrected chi connectivity index (χ0v) is 11.9. The number of hydrogen-bond donors (Lipinski definition) is 2. The number of rotatable bonds is 6. The van der Waals surface area contributed by atoms with Gasteiger partial charge in [-0.05, 0) is 33.1 Å². The van der Waals surface area contributed by atoms with Crippen LogP contribution in [0.3, 0.4) is 0 Å². The SMILES string of the molecule is CC(C)OCCN(C)C(=O)N[C@H]1CC[C@@H](C(=O)O)C1. The first kappa shape index (κ1) is 15.8. The molecule has 0 aromatic carbocycles. The quantitative estimate of drug-likeness (QED) is 0.764. The molecule has 2 atom stereocenters. The van der Waals surface area contributed by atoms with Gasteiger partial charge < -0.3 is 20.1 Å². The van der Waals surface area contributed by atoms with Crippen molar-refractivity contribution >= 4 is 12.0 Å². The van der Waals surface area contributed by atoms with Crippen LogP contribution in [0.4, 0.5) is 4.79 Å². The molecule has 6 nitrogen and oxygen atoms in total. The molecule has 0 spiro atoms. The summed E-state index contributed by atoms with van der Waals surface area (Å²) in [6, 6.07) is -0.189. The van der Waals surface area contributed by atoms with Gasteiger partial charge in [0.2, 0.25) is 0 Å². The van der Waals surface area contributed by atoms with Crippen molar-refractivity contribution in [2.75, 3.05) is 20.2 Å². The topological polar surface area (TPSA) is 78.9 Å². The third kappa shape index (κ3) is 5.46. The van der Waals surface area contributed by atoms with Crippen LogP contribution in [0.25, 0.3) is 0 Å². The van der Waals surface area contributed by atoms with Crippen LogP contribution in [0.1, 0.15) is 33.1 Å². The summed E-state index contributed by atoms with van der Waals surface area (Å²) in [5.41, 5.74) is 0. The van der Waals surface area contributed by atoms with Crippen LogP contribution in [0, 0.1) is 5.92 Å². The van der Waals surface area contributed by atoms with Gasteiger partial charge in [-0.3, -0.25) is 4.79 Å². The van der Waals surface area contributed by atoms with E-state index in [-0.39, 0.29) is 24.1 Å². The lowest BCUT2D eigenvalue weighted by Crippen LogP contribution is -2.43. The highest BCUT2D eigenvalue weighted by Gasteiger charge is 2.30. The monoisotopic (exact) mass is 272 g/mol. The lowest BCUT2D eigenvalue weighted by Gasteiger charge is -2.21. The summed E-state index contributed by atoms with van der Waals surface area (Å²) in [5, 5.41) is 11.8. The Morgan fingerprint density at radius 3 is 2.63 bits per heavy atom. The van der Waals surface area contributed by atoms with Crippen LogP contribution < -0.4 is 5.32 Å². The Balaban J connectivity index is 2.25. The summed E-state index contributed by atoms with van der Waals surface area (Å²) in [7, 11) is 1.71. The summed E-state index contributed by atoms with van der Waals surface area (Å²) >= 11 is 0. The molecule has 1 aliphatic carbocycles. The third-order valence-corrected chi connectivity index (χ3v) is 3.33. The van der Waals surface area contributed by atoms with Crippen LogP contribution >= 0.6 is 0 Å². The minimum atomic E-state index is -0.768. The number of ether oxygens (including phenoxy) is 1. The van der Waals surface area contributed by atoms with Crippen molar-refractivity contribution in [2.24, 2.45) is 5.92 Å². The van der Waals surface area contributed by atoms with Crippen LogP contribution in [0.5, 0.6) is 0 Å². The molecule has 0 radical (unpaired) electrons. The van der Waals surface area contributed by atoms with Crippen molar-refractivity contribution < 1.29 is 19.4 Å². The largest absolute Gasteiger partial charge is 0.481 e. The minimum Gasteiger partial charge on any atom is -0.481 e. The van der Waals surface area contributed by atoms with Crippen molar-refractivity contribution in [2.45, 2.75) is 45.3 Å². The Kier molecular flexibility index (Phi) is 6.08. The fraction of sp³-hybridized carbons (Fsp3) is 0.846. The van der Waals surface area contributed by atoms with Crippen molar-refractivity contribution in [3.63, 3.8) is 0 Å². The van der Waals surface area contributed by atoms with Gasteiger partial charge in [-0.2, -0.15) is 0 Å². The molecular formula is C13H24N2O4. The Morgan fingerprint density at radius 2 is 2.11 bits per heavy atom.